The third kappa shape index (κ3) is 4.78. The molecule has 0 radical (unpaired) electrons. The summed E-state index contributed by atoms with van der Waals surface area (Å²) in [6.45, 7) is 2.69. The third-order valence-electron chi connectivity index (χ3n) is 4.72. The van der Waals surface area contributed by atoms with Gasteiger partial charge in [-0.1, -0.05) is 36.4 Å². The Labute approximate surface area is 173 Å². The first-order valence-corrected chi connectivity index (χ1v) is 10.3. The predicted molar refractivity (Wildman–Crippen MR) is 113 cm³/mol. The van der Waals surface area contributed by atoms with E-state index in [9.17, 15) is 9.59 Å². The zero-order valence-electron chi connectivity index (χ0n) is 15.8. The number of thiazole rings is 1. The number of carbonyl (C=O) groups is 2. The van der Waals surface area contributed by atoms with Crippen LogP contribution in [0.5, 0.6) is 0 Å². The van der Waals surface area contributed by atoms with Gasteiger partial charge in [-0.05, 0) is 17.7 Å². The molecule has 0 aliphatic carbocycles. The molecule has 1 N–H and O–H groups in total. The lowest BCUT2D eigenvalue weighted by Crippen LogP contribution is -2.49. The van der Waals surface area contributed by atoms with Crippen LogP contribution in [-0.2, 0) is 11.2 Å². The SMILES string of the molecule is O=C(Cc1ccccc1)Nc1nc(C(=O)N2CCN(c3ccccn3)CC2)cs1. The van der Waals surface area contributed by atoms with Crippen LogP contribution in [0, 0.1) is 0 Å². The Morgan fingerprint density at radius 2 is 1.76 bits per heavy atom. The van der Waals surface area contributed by atoms with E-state index in [-0.39, 0.29) is 18.2 Å². The first kappa shape index (κ1) is 19.1. The number of benzene rings is 1. The van der Waals surface area contributed by atoms with Crippen molar-refractivity contribution in [2.75, 3.05) is 36.4 Å². The molecule has 3 heterocycles. The number of aromatic nitrogens is 2. The van der Waals surface area contributed by atoms with Crippen molar-refractivity contribution in [1.82, 2.24) is 14.9 Å². The number of pyridine rings is 1. The monoisotopic (exact) mass is 407 g/mol. The number of rotatable bonds is 5. The second kappa shape index (κ2) is 8.83. The molecule has 8 heteroatoms. The molecule has 0 saturated carbocycles. The van der Waals surface area contributed by atoms with E-state index < -0.39 is 0 Å². The van der Waals surface area contributed by atoms with Crippen LogP contribution in [-0.4, -0.2) is 52.9 Å². The summed E-state index contributed by atoms with van der Waals surface area (Å²) in [7, 11) is 0. The molecule has 1 aliphatic heterocycles. The fourth-order valence-corrected chi connectivity index (χ4v) is 3.92. The van der Waals surface area contributed by atoms with Crippen LogP contribution >= 0.6 is 11.3 Å². The van der Waals surface area contributed by atoms with E-state index in [1.54, 1.807) is 16.5 Å². The van der Waals surface area contributed by atoms with Crippen molar-refractivity contribution in [3.8, 4) is 0 Å². The smallest absolute Gasteiger partial charge is 0.273 e. The van der Waals surface area contributed by atoms with Crippen molar-refractivity contribution >= 4 is 34.1 Å². The van der Waals surface area contributed by atoms with Crippen LogP contribution < -0.4 is 10.2 Å². The zero-order valence-corrected chi connectivity index (χ0v) is 16.6. The van der Waals surface area contributed by atoms with Crippen molar-refractivity contribution in [2.45, 2.75) is 6.42 Å². The third-order valence-corrected chi connectivity index (χ3v) is 5.48. The Bertz CT molecular complexity index is 969. The van der Waals surface area contributed by atoms with Crippen molar-refractivity contribution in [3.63, 3.8) is 0 Å². The van der Waals surface area contributed by atoms with Crippen molar-refractivity contribution in [1.29, 1.82) is 0 Å². The second-order valence-corrected chi connectivity index (χ2v) is 7.57. The van der Waals surface area contributed by atoms with Gasteiger partial charge in [0.1, 0.15) is 11.5 Å². The molecule has 148 valence electrons. The quantitative estimate of drug-likeness (QED) is 0.704. The van der Waals surface area contributed by atoms with Crippen LogP contribution in [0.3, 0.4) is 0 Å². The summed E-state index contributed by atoms with van der Waals surface area (Å²) in [4.78, 5) is 37.6. The molecule has 3 aromatic rings. The minimum Gasteiger partial charge on any atom is -0.353 e. The Morgan fingerprint density at radius 3 is 2.48 bits per heavy atom. The van der Waals surface area contributed by atoms with Crippen molar-refractivity contribution in [2.24, 2.45) is 0 Å². The lowest BCUT2D eigenvalue weighted by Gasteiger charge is -2.35. The zero-order chi connectivity index (χ0) is 20.1. The summed E-state index contributed by atoms with van der Waals surface area (Å²) in [5.74, 6) is 0.677. The number of piperazine rings is 1. The van der Waals surface area contributed by atoms with Gasteiger partial charge in [0, 0.05) is 37.8 Å². The van der Waals surface area contributed by atoms with Gasteiger partial charge in [0.15, 0.2) is 5.13 Å². The Hall–Kier alpha value is -3.26. The highest BCUT2D eigenvalue weighted by atomic mass is 32.1. The molecule has 1 fully saturated rings. The number of amides is 2. The van der Waals surface area contributed by atoms with E-state index in [2.05, 4.69) is 20.2 Å². The molecule has 1 aromatic carbocycles. The Morgan fingerprint density at radius 1 is 1.00 bits per heavy atom. The second-order valence-electron chi connectivity index (χ2n) is 6.72. The molecule has 4 rings (SSSR count). The van der Waals surface area contributed by atoms with E-state index >= 15 is 0 Å². The van der Waals surface area contributed by atoms with Crippen LogP contribution in [0.4, 0.5) is 10.9 Å². The van der Waals surface area contributed by atoms with Gasteiger partial charge >= 0.3 is 0 Å². The lowest BCUT2D eigenvalue weighted by molar-refractivity contribution is -0.115. The summed E-state index contributed by atoms with van der Waals surface area (Å²) in [5, 5.41) is 4.92. The summed E-state index contributed by atoms with van der Waals surface area (Å²) < 4.78 is 0. The molecule has 0 unspecified atom stereocenters. The van der Waals surface area contributed by atoms with Crippen molar-refractivity contribution < 1.29 is 9.59 Å². The first-order valence-electron chi connectivity index (χ1n) is 9.43. The van der Waals surface area contributed by atoms with Gasteiger partial charge in [0.25, 0.3) is 5.91 Å². The number of nitrogens with one attached hydrogen (secondary N) is 1. The normalized spacial score (nSPS) is 13.9. The number of hydrogen-bond acceptors (Lipinski definition) is 6. The molecule has 2 aromatic heterocycles. The highest BCUT2D eigenvalue weighted by Crippen LogP contribution is 2.19. The maximum Gasteiger partial charge on any atom is 0.273 e. The minimum absolute atomic E-state index is 0.106. The highest BCUT2D eigenvalue weighted by Gasteiger charge is 2.24. The standard InChI is InChI=1S/C21H21N5O2S/c27-19(14-16-6-2-1-3-7-16)24-21-23-17(15-29-21)20(28)26-12-10-25(11-13-26)18-8-4-5-9-22-18/h1-9,15H,10-14H2,(H,23,24,27). The van der Waals surface area contributed by atoms with Gasteiger partial charge in [0.2, 0.25) is 5.91 Å². The molecule has 0 bridgehead atoms. The number of nitrogens with zero attached hydrogens (tertiary/aromatic N) is 4. The molecule has 1 saturated heterocycles. The summed E-state index contributed by atoms with van der Waals surface area (Å²) in [6.07, 6.45) is 2.05. The lowest BCUT2D eigenvalue weighted by atomic mass is 10.1. The summed E-state index contributed by atoms with van der Waals surface area (Å²) in [6, 6.07) is 15.3. The predicted octanol–water partition coefficient (Wildman–Crippen LogP) is 2.68. The molecule has 1 aliphatic rings. The highest BCUT2D eigenvalue weighted by molar-refractivity contribution is 7.14. The molecule has 2 amide bonds. The van der Waals surface area contributed by atoms with Crippen LogP contribution in [0.25, 0.3) is 0 Å². The molecule has 0 spiro atoms. The van der Waals surface area contributed by atoms with Gasteiger partial charge in [-0.2, -0.15) is 0 Å². The van der Waals surface area contributed by atoms with Crippen LogP contribution in [0.15, 0.2) is 60.1 Å². The molecule has 7 nitrogen and oxygen atoms in total. The maximum absolute atomic E-state index is 12.8. The van der Waals surface area contributed by atoms with E-state index in [4.69, 9.17) is 0 Å². The van der Waals surface area contributed by atoms with Gasteiger partial charge in [-0.3, -0.25) is 9.59 Å². The number of anilines is 2. The van der Waals surface area contributed by atoms with E-state index in [1.807, 2.05) is 48.5 Å². The summed E-state index contributed by atoms with van der Waals surface area (Å²) >= 11 is 1.27. The number of carbonyl (C=O) groups excluding carboxylic acids is 2. The van der Waals surface area contributed by atoms with Gasteiger partial charge in [-0.25, -0.2) is 9.97 Å². The van der Waals surface area contributed by atoms with Gasteiger partial charge in [0.05, 0.1) is 6.42 Å². The average Bonchev–Trinajstić information content (AvgIpc) is 3.23. The van der Waals surface area contributed by atoms with Crippen molar-refractivity contribution in [3.05, 3.63) is 71.4 Å². The van der Waals surface area contributed by atoms with Gasteiger partial charge < -0.3 is 15.1 Å². The van der Waals surface area contributed by atoms with Gasteiger partial charge in [-0.15, -0.1) is 11.3 Å². The fraction of sp³-hybridized carbons (Fsp3) is 0.238. The summed E-state index contributed by atoms with van der Waals surface area (Å²) in [5.41, 5.74) is 1.31. The fourth-order valence-electron chi connectivity index (χ4n) is 3.22. The minimum atomic E-state index is -0.145. The molecule has 29 heavy (non-hydrogen) atoms. The maximum atomic E-state index is 12.8. The topological polar surface area (TPSA) is 78.4 Å². The largest absolute Gasteiger partial charge is 0.353 e. The molecular formula is C21H21N5O2S. The van der Waals surface area contributed by atoms with E-state index in [0.29, 0.717) is 23.9 Å². The Balaban J connectivity index is 1.31. The Kier molecular flexibility index (Phi) is 5.81. The van der Waals surface area contributed by atoms with E-state index in [1.165, 1.54) is 11.3 Å². The van der Waals surface area contributed by atoms with E-state index in [0.717, 1.165) is 24.5 Å². The molecule has 0 atom stereocenters. The van der Waals surface area contributed by atoms with Crippen LogP contribution in [0.1, 0.15) is 16.1 Å². The number of hydrogen-bond donors (Lipinski definition) is 1. The van der Waals surface area contributed by atoms with Crippen LogP contribution in [0.2, 0.25) is 0 Å². The average molecular weight is 407 g/mol. The molecular weight excluding hydrogens is 386 g/mol. The first-order chi connectivity index (χ1) is 14.2.